The van der Waals surface area contributed by atoms with E-state index in [2.05, 4.69) is 21.0 Å². The number of hydrogen-bond donors (Lipinski definition) is 2. The molecule has 0 atom stereocenters. The fourth-order valence-corrected chi connectivity index (χ4v) is 6.04. The average molecular weight is 619 g/mol. The molecule has 0 bridgehead atoms. The summed E-state index contributed by atoms with van der Waals surface area (Å²) in [5, 5.41) is 2.73. The molecular weight excluding hydrogens is 592 g/mol. The number of thioether (sulfide) groups is 1. The molecule has 42 heavy (non-hydrogen) atoms. The molecule has 1 aliphatic rings. The van der Waals surface area contributed by atoms with E-state index in [1.54, 1.807) is 30.3 Å². The van der Waals surface area contributed by atoms with E-state index in [1.165, 1.54) is 24.0 Å². The topological polar surface area (TPSA) is 104 Å². The number of aromatic nitrogens is 2. The maximum atomic E-state index is 14.1. The highest BCUT2D eigenvalue weighted by Gasteiger charge is 2.39. The number of hydrogen-bond acceptors (Lipinski definition) is 8. The number of alkyl halides is 3. The summed E-state index contributed by atoms with van der Waals surface area (Å²) in [5.74, 6) is -0.272. The minimum Gasteiger partial charge on any atom is -0.372 e. The van der Waals surface area contributed by atoms with Gasteiger partial charge in [0.05, 0.1) is 23.3 Å². The Bertz CT molecular complexity index is 1480. The number of anilines is 3. The molecule has 8 nitrogen and oxygen atoms in total. The fraction of sp³-hybridized carbons (Fsp3) is 0.214. The standard InChI is InChI=1S/C27H23F4N5OS2.CH3NO/c28-20-8-4-5-9-21(20)35-12-14-36(15-13-35)22-11-10-18(16-32-22)33-26(37)24-25(27(29,30)31)34-23(39-24)17-38-19-6-2-1-3-7-19;2-1-3/h1-11,16H,12-15,17H2,(H,33,37);1H,(H2,2,3). The Kier molecular flexibility index (Phi) is 10.4. The van der Waals surface area contributed by atoms with Crippen LogP contribution in [0.4, 0.5) is 34.8 Å². The molecule has 1 fully saturated rings. The van der Waals surface area contributed by atoms with Gasteiger partial charge in [0.25, 0.3) is 5.91 Å². The van der Waals surface area contributed by atoms with Gasteiger partial charge in [-0.1, -0.05) is 30.3 Å². The van der Waals surface area contributed by atoms with Crippen LogP contribution in [0.1, 0.15) is 20.4 Å². The molecule has 3 N–H and O–H groups in total. The van der Waals surface area contributed by atoms with E-state index in [0.29, 0.717) is 37.7 Å². The van der Waals surface area contributed by atoms with Crippen molar-refractivity contribution in [2.45, 2.75) is 16.8 Å². The zero-order valence-electron chi connectivity index (χ0n) is 22.1. The van der Waals surface area contributed by atoms with Crippen LogP contribution in [-0.2, 0) is 16.7 Å². The van der Waals surface area contributed by atoms with Gasteiger partial charge in [-0.15, -0.1) is 23.1 Å². The quantitative estimate of drug-likeness (QED) is 0.156. The van der Waals surface area contributed by atoms with E-state index in [1.807, 2.05) is 40.1 Å². The molecule has 2 aromatic heterocycles. The van der Waals surface area contributed by atoms with Crippen molar-refractivity contribution in [2.24, 2.45) is 5.73 Å². The van der Waals surface area contributed by atoms with Crippen molar-refractivity contribution in [2.75, 3.05) is 41.3 Å². The molecule has 5 rings (SSSR count). The lowest BCUT2D eigenvalue weighted by atomic mass is 10.2. The van der Waals surface area contributed by atoms with Gasteiger partial charge >= 0.3 is 6.18 Å². The summed E-state index contributed by atoms with van der Waals surface area (Å²) in [4.78, 5) is 33.9. The van der Waals surface area contributed by atoms with Crippen LogP contribution < -0.4 is 20.9 Å². The number of piperazine rings is 1. The van der Waals surface area contributed by atoms with Crippen molar-refractivity contribution in [3.05, 3.63) is 94.3 Å². The van der Waals surface area contributed by atoms with Crippen molar-refractivity contribution in [3.8, 4) is 0 Å². The molecule has 0 radical (unpaired) electrons. The van der Waals surface area contributed by atoms with Gasteiger partial charge in [0.15, 0.2) is 5.69 Å². The Morgan fingerprint density at radius 1 is 1.00 bits per heavy atom. The summed E-state index contributed by atoms with van der Waals surface area (Å²) in [6.07, 6.45) is -3.09. The van der Waals surface area contributed by atoms with Crippen LogP contribution in [0.25, 0.3) is 0 Å². The number of rotatable bonds is 7. The SMILES string of the molecule is NC=O.O=C(Nc1ccc(N2CCN(c3ccccc3F)CC2)nc1)c1sc(CSc2ccccc2)nc1C(F)(F)F. The van der Waals surface area contributed by atoms with Crippen molar-refractivity contribution < 1.29 is 27.2 Å². The lowest BCUT2D eigenvalue weighted by Crippen LogP contribution is -2.47. The number of halogens is 4. The second-order valence-electron chi connectivity index (χ2n) is 8.81. The monoisotopic (exact) mass is 618 g/mol. The highest BCUT2D eigenvalue weighted by atomic mass is 32.2. The predicted molar refractivity (Wildman–Crippen MR) is 156 cm³/mol. The van der Waals surface area contributed by atoms with E-state index >= 15 is 0 Å². The number of pyridine rings is 1. The van der Waals surface area contributed by atoms with Crippen LogP contribution in [0.5, 0.6) is 0 Å². The average Bonchev–Trinajstić information content (AvgIpc) is 3.44. The smallest absolute Gasteiger partial charge is 0.372 e. The highest BCUT2D eigenvalue weighted by Crippen LogP contribution is 2.36. The lowest BCUT2D eigenvalue weighted by molar-refractivity contribution is -0.141. The molecule has 0 unspecified atom stereocenters. The summed E-state index contributed by atoms with van der Waals surface area (Å²) in [5.41, 5.74) is 3.81. The number of nitrogens with two attached hydrogens (primary N) is 1. The maximum absolute atomic E-state index is 14.1. The van der Waals surface area contributed by atoms with Gasteiger partial charge in [0, 0.05) is 31.1 Å². The third-order valence-corrected chi connectivity index (χ3v) is 8.31. The zero-order valence-corrected chi connectivity index (χ0v) is 23.7. The molecule has 14 heteroatoms. The van der Waals surface area contributed by atoms with Gasteiger partial charge < -0.3 is 20.9 Å². The first-order valence-corrected chi connectivity index (χ1v) is 14.4. The van der Waals surface area contributed by atoms with Crippen molar-refractivity contribution in [1.82, 2.24) is 9.97 Å². The van der Waals surface area contributed by atoms with Crippen LogP contribution in [0, 0.1) is 5.82 Å². The van der Waals surface area contributed by atoms with Gasteiger partial charge in [0.2, 0.25) is 6.41 Å². The van der Waals surface area contributed by atoms with E-state index in [-0.39, 0.29) is 28.7 Å². The molecule has 1 saturated heterocycles. The molecule has 0 aliphatic carbocycles. The molecule has 1 aliphatic heterocycles. The normalized spacial score (nSPS) is 13.2. The fourth-order valence-electron chi connectivity index (χ4n) is 4.15. The first-order chi connectivity index (χ1) is 20.2. The Morgan fingerprint density at radius 2 is 1.64 bits per heavy atom. The van der Waals surface area contributed by atoms with Crippen LogP contribution >= 0.6 is 23.1 Å². The van der Waals surface area contributed by atoms with E-state index in [9.17, 15) is 22.4 Å². The summed E-state index contributed by atoms with van der Waals surface area (Å²) in [6, 6.07) is 19.2. The van der Waals surface area contributed by atoms with Crippen LogP contribution in [0.15, 0.2) is 77.8 Å². The van der Waals surface area contributed by atoms with Crippen molar-refractivity contribution in [3.63, 3.8) is 0 Å². The molecule has 0 saturated carbocycles. The summed E-state index contributed by atoms with van der Waals surface area (Å²) < 4.78 is 55.1. The molecule has 3 heterocycles. The van der Waals surface area contributed by atoms with Gasteiger partial charge in [-0.25, -0.2) is 14.4 Å². The number of carbonyl (C=O) groups excluding carboxylic acids is 2. The van der Waals surface area contributed by atoms with Crippen LogP contribution in [0.2, 0.25) is 0 Å². The molecule has 2 aromatic carbocycles. The van der Waals surface area contributed by atoms with E-state index in [4.69, 9.17) is 4.79 Å². The van der Waals surface area contributed by atoms with Gasteiger partial charge in [-0.2, -0.15) is 13.2 Å². The summed E-state index contributed by atoms with van der Waals surface area (Å²) in [6.45, 7) is 2.45. The van der Waals surface area contributed by atoms with Crippen LogP contribution in [0.3, 0.4) is 0 Å². The number of carbonyl (C=O) groups is 2. The number of nitrogens with zero attached hydrogens (tertiary/aromatic N) is 4. The maximum Gasteiger partial charge on any atom is 0.435 e. The summed E-state index contributed by atoms with van der Waals surface area (Å²) >= 11 is 2.08. The molecule has 4 aromatic rings. The minimum atomic E-state index is -4.76. The van der Waals surface area contributed by atoms with Crippen molar-refractivity contribution >= 4 is 52.6 Å². The molecular formula is C28H26F4N6O2S2. The number of benzene rings is 2. The Balaban J connectivity index is 0.00000129. The van der Waals surface area contributed by atoms with Crippen LogP contribution in [-0.4, -0.2) is 48.5 Å². The third kappa shape index (κ3) is 7.97. The Hall–Kier alpha value is -4.17. The minimum absolute atomic E-state index is 0.212. The van der Waals surface area contributed by atoms with Gasteiger partial charge in [-0.05, 0) is 36.4 Å². The summed E-state index contributed by atoms with van der Waals surface area (Å²) in [7, 11) is 0. The molecule has 2 amide bonds. The van der Waals surface area contributed by atoms with Crippen molar-refractivity contribution in [1.29, 1.82) is 0 Å². The number of nitrogens with one attached hydrogen (secondary N) is 1. The Morgan fingerprint density at radius 3 is 2.26 bits per heavy atom. The lowest BCUT2D eigenvalue weighted by Gasteiger charge is -2.36. The van der Waals surface area contributed by atoms with Gasteiger partial charge in [0.1, 0.15) is 21.5 Å². The predicted octanol–water partition coefficient (Wildman–Crippen LogP) is 5.67. The highest BCUT2D eigenvalue weighted by molar-refractivity contribution is 7.98. The number of primary amides is 1. The second-order valence-corrected chi connectivity index (χ2v) is 10.9. The number of para-hydroxylation sites is 1. The molecule has 0 spiro atoms. The number of amides is 2. The van der Waals surface area contributed by atoms with E-state index in [0.717, 1.165) is 16.2 Å². The first kappa shape index (κ1) is 30.8. The number of thiazole rings is 1. The zero-order chi connectivity index (χ0) is 30.1. The van der Waals surface area contributed by atoms with Gasteiger partial charge in [-0.3, -0.25) is 9.59 Å². The molecule has 220 valence electrons. The third-order valence-electron chi connectivity index (χ3n) is 6.05. The Labute approximate surface area is 247 Å². The first-order valence-electron chi connectivity index (χ1n) is 12.6. The second kappa shape index (κ2) is 14.1. The van der Waals surface area contributed by atoms with E-state index < -0.39 is 22.7 Å². The largest absolute Gasteiger partial charge is 0.435 e.